The molecule has 0 fully saturated rings. The lowest BCUT2D eigenvalue weighted by Crippen LogP contribution is -2.32. The van der Waals surface area contributed by atoms with Crippen molar-refractivity contribution in [1.29, 1.82) is 0 Å². The fraction of sp³-hybridized carbons (Fsp3) is 0.778. The maximum absolute atomic E-state index is 11.6. The number of alkyl halides is 2. The van der Waals surface area contributed by atoms with Gasteiger partial charge in [-0.3, -0.25) is 9.59 Å². The summed E-state index contributed by atoms with van der Waals surface area (Å²) in [6.45, 7) is 0.676. The monoisotopic (exact) mass is 239 g/mol. The van der Waals surface area contributed by atoms with Gasteiger partial charge in [0, 0.05) is 13.0 Å². The van der Waals surface area contributed by atoms with E-state index in [1.165, 1.54) is 6.92 Å². The predicted octanol–water partition coefficient (Wildman–Crippen LogP) is 0.495. The van der Waals surface area contributed by atoms with Crippen molar-refractivity contribution in [3.8, 4) is 0 Å². The molecule has 0 bridgehead atoms. The highest BCUT2D eigenvalue weighted by molar-refractivity contribution is 5.77. The maximum atomic E-state index is 11.6. The van der Waals surface area contributed by atoms with Gasteiger partial charge in [0.2, 0.25) is 5.91 Å². The van der Waals surface area contributed by atoms with E-state index in [1.807, 2.05) is 0 Å². The van der Waals surface area contributed by atoms with Crippen LogP contribution in [-0.4, -0.2) is 43.2 Å². The van der Waals surface area contributed by atoms with Crippen molar-refractivity contribution in [2.75, 3.05) is 19.8 Å². The molecule has 7 heteroatoms. The van der Waals surface area contributed by atoms with E-state index in [0.717, 1.165) is 0 Å². The molecule has 0 saturated heterocycles. The molecule has 0 heterocycles. The Morgan fingerprint density at radius 3 is 2.56 bits per heavy atom. The zero-order valence-electron chi connectivity index (χ0n) is 8.91. The van der Waals surface area contributed by atoms with Crippen LogP contribution in [-0.2, 0) is 14.3 Å². The Hall–Kier alpha value is -1.24. The molecule has 0 spiro atoms. The van der Waals surface area contributed by atoms with Crippen LogP contribution >= 0.6 is 0 Å². The van der Waals surface area contributed by atoms with Crippen LogP contribution in [0.25, 0.3) is 0 Å². The number of hydrogen-bond donors (Lipinski definition) is 2. The van der Waals surface area contributed by atoms with Crippen LogP contribution in [0.2, 0.25) is 0 Å². The Bertz CT molecular complexity index is 236. The summed E-state index contributed by atoms with van der Waals surface area (Å²) in [6, 6.07) is 0. The molecule has 1 amide bonds. The Morgan fingerprint density at radius 2 is 2.06 bits per heavy atom. The molecular formula is C9H15F2NO4. The number of halogens is 2. The molecule has 0 aliphatic rings. The summed E-state index contributed by atoms with van der Waals surface area (Å²) in [7, 11) is 0. The van der Waals surface area contributed by atoms with Gasteiger partial charge in [-0.1, -0.05) is 6.92 Å². The van der Waals surface area contributed by atoms with Crippen molar-refractivity contribution in [2.45, 2.75) is 19.8 Å². The number of carboxylic acids is 1. The van der Waals surface area contributed by atoms with Gasteiger partial charge in [-0.05, 0) is 0 Å². The van der Waals surface area contributed by atoms with Gasteiger partial charge >= 0.3 is 5.97 Å². The molecule has 16 heavy (non-hydrogen) atoms. The van der Waals surface area contributed by atoms with Crippen LogP contribution in [0.1, 0.15) is 13.3 Å². The first kappa shape index (κ1) is 14.8. The normalized spacial score (nSPS) is 12.5. The van der Waals surface area contributed by atoms with E-state index < -0.39 is 30.8 Å². The molecule has 0 radical (unpaired) electrons. The fourth-order valence-electron chi connectivity index (χ4n) is 0.780. The van der Waals surface area contributed by atoms with Gasteiger partial charge in [0.25, 0.3) is 6.43 Å². The van der Waals surface area contributed by atoms with Crippen LogP contribution < -0.4 is 5.32 Å². The summed E-state index contributed by atoms with van der Waals surface area (Å²) < 4.78 is 27.7. The number of carboxylic acid groups (broad SMARTS) is 1. The molecular weight excluding hydrogens is 224 g/mol. The number of amides is 1. The average Bonchev–Trinajstić information content (AvgIpc) is 2.20. The van der Waals surface area contributed by atoms with E-state index in [1.54, 1.807) is 0 Å². The SMILES string of the molecule is CC(CNC(=O)CCOCC(F)F)C(=O)O. The molecule has 94 valence electrons. The van der Waals surface area contributed by atoms with Gasteiger partial charge in [0.05, 0.1) is 12.5 Å². The van der Waals surface area contributed by atoms with E-state index in [4.69, 9.17) is 5.11 Å². The van der Waals surface area contributed by atoms with Crippen LogP contribution in [0.3, 0.4) is 0 Å². The van der Waals surface area contributed by atoms with E-state index in [0.29, 0.717) is 0 Å². The Labute approximate surface area is 91.8 Å². The number of hydrogen-bond acceptors (Lipinski definition) is 3. The smallest absolute Gasteiger partial charge is 0.308 e. The molecule has 0 rings (SSSR count). The minimum absolute atomic E-state index is 0.0169. The molecule has 0 saturated carbocycles. The fourth-order valence-corrected chi connectivity index (χ4v) is 0.780. The maximum Gasteiger partial charge on any atom is 0.308 e. The first-order valence-corrected chi connectivity index (χ1v) is 4.79. The highest BCUT2D eigenvalue weighted by atomic mass is 19.3. The minimum atomic E-state index is -2.55. The molecule has 1 unspecified atom stereocenters. The van der Waals surface area contributed by atoms with Crippen LogP contribution in [0.4, 0.5) is 8.78 Å². The summed E-state index contributed by atoms with van der Waals surface area (Å²) >= 11 is 0. The first-order valence-electron chi connectivity index (χ1n) is 4.79. The summed E-state index contributed by atoms with van der Waals surface area (Å²) in [6.07, 6.45) is -2.60. The molecule has 1 atom stereocenters. The molecule has 0 aliphatic carbocycles. The molecule has 5 nitrogen and oxygen atoms in total. The lowest BCUT2D eigenvalue weighted by Gasteiger charge is -2.08. The van der Waals surface area contributed by atoms with Gasteiger partial charge in [0.1, 0.15) is 6.61 Å². The van der Waals surface area contributed by atoms with Gasteiger partial charge < -0.3 is 15.2 Å². The Morgan fingerprint density at radius 1 is 1.44 bits per heavy atom. The third-order valence-electron chi connectivity index (χ3n) is 1.74. The van der Waals surface area contributed by atoms with E-state index in [2.05, 4.69) is 10.1 Å². The average molecular weight is 239 g/mol. The van der Waals surface area contributed by atoms with Gasteiger partial charge in [-0.25, -0.2) is 8.78 Å². The van der Waals surface area contributed by atoms with E-state index in [9.17, 15) is 18.4 Å². The number of ether oxygens (including phenoxy) is 1. The van der Waals surface area contributed by atoms with Crippen molar-refractivity contribution in [3.05, 3.63) is 0 Å². The molecule has 0 aromatic heterocycles. The third kappa shape index (κ3) is 8.10. The van der Waals surface area contributed by atoms with Crippen molar-refractivity contribution in [1.82, 2.24) is 5.32 Å². The van der Waals surface area contributed by atoms with Crippen LogP contribution in [0, 0.1) is 5.92 Å². The molecule has 0 aliphatic heterocycles. The first-order chi connectivity index (χ1) is 7.43. The van der Waals surface area contributed by atoms with E-state index in [-0.39, 0.29) is 19.6 Å². The largest absolute Gasteiger partial charge is 0.481 e. The number of aliphatic carboxylic acids is 1. The number of carbonyl (C=O) groups is 2. The van der Waals surface area contributed by atoms with Crippen molar-refractivity contribution in [3.63, 3.8) is 0 Å². The quantitative estimate of drug-likeness (QED) is 0.604. The van der Waals surface area contributed by atoms with Gasteiger partial charge in [-0.2, -0.15) is 0 Å². The lowest BCUT2D eigenvalue weighted by molar-refractivity contribution is -0.141. The van der Waals surface area contributed by atoms with E-state index >= 15 is 0 Å². The summed E-state index contributed by atoms with van der Waals surface area (Å²) in [5.41, 5.74) is 0. The Kier molecular flexibility index (Phi) is 7.36. The molecule has 2 N–H and O–H groups in total. The predicted molar refractivity (Wildman–Crippen MR) is 51.2 cm³/mol. The zero-order valence-corrected chi connectivity index (χ0v) is 8.91. The van der Waals surface area contributed by atoms with Crippen molar-refractivity contribution < 1.29 is 28.2 Å². The second-order valence-electron chi connectivity index (χ2n) is 3.26. The molecule has 0 aromatic carbocycles. The summed E-state index contributed by atoms with van der Waals surface area (Å²) in [4.78, 5) is 21.4. The van der Waals surface area contributed by atoms with Crippen molar-refractivity contribution in [2.24, 2.45) is 5.92 Å². The van der Waals surface area contributed by atoms with Crippen LogP contribution in [0.15, 0.2) is 0 Å². The van der Waals surface area contributed by atoms with Gasteiger partial charge in [0.15, 0.2) is 0 Å². The third-order valence-corrected chi connectivity index (χ3v) is 1.74. The number of nitrogens with one attached hydrogen (secondary N) is 1. The number of rotatable bonds is 8. The lowest BCUT2D eigenvalue weighted by atomic mass is 10.2. The second-order valence-corrected chi connectivity index (χ2v) is 3.26. The second kappa shape index (κ2) is 7.98. The standard InChI is InChI=1S/C9H15F2NO4/c1-6(9(14)15)4-12-8(13)2-3-16-5-7(10)11/h6-7H,2-5H2,1H3,(H,12,13)(H,14,15). The minimum Gasteiger partial charge on any atom is -0.481 e. The summed E-state index contributed by atoms with van der Waals surface area (Å²) in [5.74, 6) is -2.09. The topological polar surface area (TPSA) is 75.6 Å². The highest BCUT2D eigenvalue weighted by Gasteiger charge is 2.12. The van der Waals surface area contributed by atoms with Crippen molar-refractivity contribution >= 4 is 11.9 Å². The highest BCUT2D eigenvalue weighted by Crippen LogP contribution is 1.95. The Balaban J connectivity index is 3.48. The zero-order chi connectivity index (χ0) is 12.6. The summed E-state index contributed by atoms with van der Waals surface area (Å²) in [5, 5.41) is 10.9. The number of carbonyl (C=O) groups excluding carboxylic acids is 1. The van der Waals surface area contributed by atoms with Crippen LogP contribution in [0.5, 0.6) is 0 Å². The van der Waals surface area contributed by atoms with Gasteiger partial charge in [-0.15, -0.1) is 0 Å². The molecule has 0 aromatic rings.